The van der Waals surface area contributed by atoms with Gasteiger partial charge in [-0.2, -0.15) is 0 Å². The summed E-state index contributed by atoms with van der Waals surface area (Å²) >= 11 is 0. The molecular formula is C20H28O4. The second-order valence-corrected chi connectivity index (χ2v) is 6.30. The smallest absolute Gasteiger partial charge is 0.327 e. The van der Waals surface area contributed by atoms with E-state index in [0.717, 1.165) is 30.8 Å². The van der Waals surface area contributed by atoms with Gasteiger partial charge >= 0.3 is 5.97 Å². The van der Waals surface area contributed by atoms with Crippen LogP contribution in [0, 0.1) is 0 Å². The minimum atomic E-state index is -0.851. The number of aryl methyl sites for hydroxylation is 1. The molecular weight excluding hydrogens is 304 g/mol. The second-order valence-electron chi connectivity index (χ2n) is 6.30. The van der Waals surface area contributed by atoms with E-state index in [1.54, 1.807) is 6.08 Å². The molecule has 1 aromatic rings. The molecule has 0 saturated heterocycles. The van der Waals surface area contributed by atoms with Gasteiger partial charge in [-0.3, -0.25) is 0 Å². The zero-order valence-corrected chi connectivity index (χ0v) is 14.3. The third-order valence-electron chi connectivity index (χ3n) is 4.28. The van der Waals surface area contributed by atoms with Crippen LogP contribution < -0.4 is 9.47 Å². The van der Waals surface area contributed by atoms with E-state index in [1.165, 1.54) is 56.6 Å². The second kappa shape index (κ2) is 10.7. The standard InChI is InChI=1S/C20H28O4/c21-20(22)12-10-8-6-4-2-1-3-5-7-9-11-17-13-14-18-19(15-17)24-16-23-18/h10,12-15H,1-9,11,16H2,(H,21,22)/b12-10+. The molecule has 1 heterocycles. The van der Waals surface area contributed by atoms with Crippen LogP contribution in [0.4, 0.5) is 0 Å². The molecule has 0 fully saturated rings. The minimum absolute atomic E-state index is 0.342. The molecule has 132 valence electrons. The van der Waals surface area contributed by atoms with Crippen LogP contribution in [0.15, 0.2) is 30.4 Å². The Kier molecular flexibility index (Phi) is 8.22. The monoisotopic (exact) mass is 332 g/mol. The summed E-state index contributed by atoms with van der Waals surface area (Å²) in [6.45, 7) is 0.342. The van der Waals surface area contributed by atoms with Crippen molar-refractivity contribution in [2.45, 2.75) is 64.2 Å². The Morgan fingerprint density at radius 3 is 2.38 bits per heavy atom. The van der Waals surface area contributed by atoms with Crippen LogP contribution in [-0.4, -0.2) is 17.9 Å². The summed E-state index contributed by atoms with van der Waals surface area (Å²) in [4.78, 5) is 10.3. The van der Waals surface area contributed by atoms with Crippen LogP contribution in [0.1, 0.15) is 63.4 Å². The molecule has 0 unspecified atom stereocenters. The molecule has 0 saturated carbocycles. The van der Waals surface area contributed by atoms with Crippen LogP contribution >= 0.6 is 0 Å². The van der Waals surface area contributed by atoms with Crippen molar-refractivity contribution in [2.75, 3.05) is 6.79 Å². The molecule has 0 aromatic heterocycles. The molecule has 1 aliphatic rings. The highest BCUT2D eigenvalue weighted by Gasteiger charge is 2.12. The Hall–Kier alpha value is -1.97. The van der Waals surface area contributed by atoms with E-state index < -0.39 is 5.97 Å². The van der Waals surface area contributed by atoms with Crippen LogP contribution in [0.2, 0.25) is 0 Å². The van der Waals surface area contributed by atoms with Crippen molar-refractivity contribution < 1.29 is 19.4 Å². The molecule has 1 aromatic carbocycles. The van der Waals surface area contributed by atoms with Gasteiger partial charge in [-0.05, 0) is 43.4 Å². The van der Waals surface area contributed by atoms with Gasteiger partial charge in [0.1, 0.15) is 0 Å². The van der Waals surface area contributed by atoms with Gasteiger partial charge in [0.15, 0.2) is 11.5 Å². The molecule has 0 radical (unpaired) electrons. The van der Waals surface area contributed by atoms with Crippen LogP contribution in [0.3, 0.4) is 0 Å². The largest absolute Gasteiger partial charge is 0.478 e. The third kappa shape index (κ3) is 7.07. The molecule has 0 amide bonds. The van der Waals surface area contributed by atoms with E-state index in [9.17, 15) is 4.79 Å². The highest BCUT2D eigenvalue weighted by molar-refractivity contribution is 5.79. The van der Waals surface area contributed by atoms with E-state index in [-0.39, 0.29) is 0 Å². The van der Waals surface area contributed by atoms with Gasteiger partial charge in [-0.1, -0.05) is 50.7 Å². The Bertz CT molecular complexity index is 536. The van der Waals surface area contributed by atoms with Gasteiger partial charge in [-0.25, -0.2) is 4.79 Å². The number of ether oxygens (including phenoxy) is 2. The first kappa shape index (κ1) is 18.4. The van der Waals surface area contributed by atoms with Crippen molar-refractivity contribution in [3.05, 3.63) is 35.9 Å². The number of allylic oxidation sites excluding steroid dienone is 1. The van der Waals surface area contributed by atoms with Gasteiger partial charge in [-0.15, -0.1) is 0 Å². The predicted octanol–water partition coefficient (Wildman–Crippen LogP) is 5.11. The first-order valence-corrected chi connectivity index (χ1v) is 9.04. The third-order valence-corrected chi connectivity index (χ3v) is 4.28. The molecule has 0 atom stereocenters. The molecule has 0 aliphatic carbocycles. The minimum Gasteiger partial charge on any atom is -0.478 e. The van der Waals surface area contributed by atoms with Gasteiger partial charge in [0, 0.05) is 6.08 Å². The molecule has 0 spiro atoms. The van der Waals surface area contributed by atoms with Crippen LogP contribution in [-0.2, 0) is 11.2 Å². The number of aliphatic carboxylic acids is 1. The van der Waals surface area contributed by atoms with Gasteiger partial charge < -0.3 is 14.6 Å². The van der Waals surface area contributed by atoms with Crippen molar-refractivity contribution >= 4 is 5.97 Å². The number of carbonyl (C=O) groups is 1. The van der Waals surface area contributed by atoms with E-state index in [1.807, 2.05) is 6.07 Å². The lowest BCUT2D eigenvalue weighted by atomic mass is 10.0. The predicted molar refractivity (Wildman–Crippen MR) is 94.6 cm³/mol. The summed E-state index contributed by atoms with van der Waals surface area (Å²) in [5, 5.41) is 8.47. The molecule has 1 N–H and O–H groups in total. The zero-order chi connectivity index (χ0) is 17.0. The Balaban J connectivity index is 1.41. The number of carboxylic acids is 1. The zero-order valence-electron chi connectivity index (χ0n) is 14.3. The lowest BCUT2D eigenvalue weighted by Gasteiger charge is -2.04. The first-order chi connectivity index (χ1) is 11.8. The Morgan fingerprint density at radius 2 is 1.62 bits per heavy atom. The number of rotatable bonds is 12. The lowest BCUT2D eigenvalue weighted by Crippen LogP contribution is -1.93. The quantitative estimate of drug-likeness (QED) is 0.427. The van der Waals surface area contributed by atoms with Crippen LogP contribution in [0.25, 0.3) is 0 Å². The fourth-order valence-electron chi connectivity index (χ4n) is 2.93. The fraction of sp³-hybridized carbons (Fsp3) is 0.550. The number of unbranched alkanes of at least 4 members (excludes halogenated alkanes) is 8. The maximum atomic E-state index is 10.3. The molecule has 1 aliphatic heterocycles. The van der Waals surface area contributed by atoms with Crippen molar-refractivity contribution in [1.82, 2.24) is 0 Å². The lowest BCUT2D eigenvalue weighted by molar-refractivity contribution is -0.131. The van der Waals surface area contributed by atoms with Gasteiger partial charge in [0.25, 0.3) is 0 Å². The summed E-state index contributed by atoms with van der Waals surface area (Å²) in [5.41, 5.74) is 1.33. The normalized spacial score (nSPS) is 12.8. The van der Waals surface area contributed by atoms with E-state index in [4.69, 9.17) is 14.6 Å². The topological polar surface area (TPSA) is 55.8 Å². The number of benzene rings is 1. The molecule has 4 nitrogen and oxygen atoms in total. The first-order valence-electron chi connectivity index (χ1n) is 9.04. The summed E-state index contributed by atoms with van der Waals surface area (Å²) in [6, 6.07) is 6.23. The van der Waals surface area contributed by atoms with Gasteiger partial charge in [0.2, 0.25) is 6.79 Å². The van der Waals surface area contributed by atoms with E-state index >= 15 is 0 Å². The maximum absolute atomic E-state index is 10.3. The summed E-state index contributed by atoms with van der Waals surface area (Å²) < 4.78 is 10.7. The van der Waals surface area contributed by atoms with E-state index in [0.29, 0.717) is 6.79 Å². The number of carboxylic acid groups (broad SMARTS) is 1. The Morgan fingerprint density at radius 1 is 0.958 bits per heavy atom. The Labute approximate surface area is 144 Å². The van der Waals surface area contributed by atoms with Crippen molar-refractivity contribution in [1.29, 1.82) is 0 Å². The number of hydrogen-bond acceptors (Lipinski definition) is 3. The van der Waals surface area contributed by atoms with E-state index in [2.05, 4.69) is 12.1 Å². The molecule has 24 heavy (non-hydrogen) atoms. The molecule has 4 heteroatoms. The number of fused-ring (bicyclic) bond motifs is 1. The maximum Gasteiger partial charge on any atom is 0.327 e. The SMILES string of the molecule is O=C(O)/C=C/CCCCCCCCCCc1ccc2c(c1)OCO2. The van der Waals surface area contributed by atoms with Crippen molar-refractivity contribution in [2.24, 2.45) is 0 Å². The number of hydrogen-bond donors (Lipinski definition) is 1. The van der Waals surface area contributed by atoms with Crippen molar-refractivity contribution in [3.8, 4) is 11.5 Å². The van der Waals surface area contributed by atoms with Crippen LogP contribution in [0.5, 0.6) is 11.5 Å². The molecule has 0 bridgehead atoms. The summed E-state index contributed by atoms with van der Waals surface area (Å²) in [6.07, 6.45) is 14.9. The average Bonchev–Trinajstić information content (AvgIpc) is 3.03. The average molecular weight is 332 g/mol. The molecule has 2 rings (SSSR count). The highest BCUT2D eigenvalue weighted by atomic mass is 16.7. The highest BCUT2D eigenvalue weighted by Crippen LogP contribution is 2.32. The van der Waals surface area contributed by atoms with Crippen molar-refractivity contribution in [3.63, 3.8) is 0 Å². The fourth-order valence-corrected chi connectivity index (χ4v) is 2.93. The van der Waals surface area contributed by atoms with Gasteiger partial charge in [0.05, 0.1) is 0 Å². The summed E-state index contributed by atoms with van der Waals surface area (Å²) in [5.74, 6) is 0.888. The summed E-state index contributed by atoms with van der Waals surface area (Å²) in [7, 11) is 0.